The van der Waals surface area contributed by atoms with Crippen LogP contribution in [0.25, 0.3) is 0 Å². The zero-order valence-electron chi connectivity index (χ0n) is 11.0. The van der Waals surface area contributed by atoms with Gasteiger partial charge in [0.2, 0.25) is 0 Å². The molecule has 19 heavy (non-hydrogen) atoms. The highest BCUT2D eigenvalue weighted by molar-refractivity contribution is 9.08. The van der Waals surface area contributed by atoms with Crippen molar-refractivity contribution in [3.05, 3.63) is 33.9 Å². The number of nitrogens with zero attached hydrogens (tertiary/aromatic N) is 3. The molecule has 0 N–H and O–H groups in total. The third-order valence-corrected chi connectivity index (χ3v) is 4.08. The highest BCUT2D eigenvalue weighted by atomic mass is 79.9. The van der Waals surface area contributed by atoms with E-state index in [1.165, 1.54) is 0 Å². The summed E-state index contributed by atoms with van der Waals surface area (Å²) in [7, 11) is 2.13. The molecule has 1 aromatic carbocycles. The first-order chi connectivity index (χ1) is 9.11. The smallest absolute Gasteiger partial charge is 0.269 e. The van der Waals surface area contributed by atoms with Crippen molar-refractivity contribution < 1.29 is 4.92 Å². The standard InChI is InChI=1S/C13H18BrN3O2/c1-15-5-2-6-16(8-7-15)13-4-3-12(17(18)19)9-11(13)10-14/h3-4,9H,2,5-8,10H2,1H3. The normalized spacial score (nSPS) is 17.3. The fraction of sp³-hybridized carbons (Fsp3) is 0.538. The highest BCUT2D eigenvalue weighted by Crippen LogP contribution is 2.28. The molecule has 1 aliphatic rings. The first-order valence-electron chi connectivity index (χ1n) is 6.38. The number of nitro benzene ring substituents is 1. The fourth-order valence-corrected chi connectivity index (χ4v) is 2.84. The maximum Gasteiger partial charge on any atom is 0.269 e. The van der Waals surface area contributed by atoms with Crippen LogP contribution in [-0.2, 0) is 5.33 Å². The lowest BCUT2D eigenvalue weighted by Crippen LogP contribution is -2.29. The molecule has 0 bridgehead atoms. The number of nitro groups is 1. The average Bonchev–Trinajstić information content (AvgIpc) is 2.62. The fourth-order valence-electron chi connectivity index (χ4n) is 2.39. The Labute approximate surface area is 121 Å². The van der Waals surface area contributed by atoms with Crippen LogP contribution in [0.4, 0.5) is 11.4 Å². The third-order valence-electron chi connectivity index (χ3n) is 3.48. The predicted molar refractivity (Wildman–Crippen MR) is 80.1 cm³/mol. The Kier molecular flexibility index (Phi) is 4.76. The Balaban J connectivity index is 2.25. The predicted octanol–water partition coefficient (Wildman–Crippen LogP) is 2.63. The summed E-state index contributed by atoms with van der Waals surface area (Å²) in [6, 6.07) is 5.13. The molecule has 1 saturated heterocycles. The summed E-state index contributed by atoms with van der Waals surface area (Å²) < 4.78 is 0. The zero-order valence-corrected chi connectivity index (χ0v) is 12.6. The van der Waals surface area contributed by atoms with Gasteiger partial charge in [-0.2, -0.15) is 0 Å². The summed E-state index contributed by atoms with van der Waals surface area (Å²) in [5, 5.41) is 11.5. The molecule has 5 nitrogen and oxygen atoms in total. The van der Waals surface area contributed by atoms with Gasteiger partial charge in [-0.25, -0.2) is 0 Å². The molecule has 0 atom stereocenters. The van der Waals surface area contributed by atoms with E-state index in [1.54, 1.807) is 12.1 Å². The van der Waals surface area contributed by atoms with E-state index in [4.69, 9.17) is 0 Å². The zero-order chi connectivity index (χ0) is 13.8. The van der Waals surface area contributed by atoms with Crippen LogP contribution in [0, 0.1) is 10.1 Å². The summed E-state index contributed by atoms with van der Waals surface area (Å²) in [6.07, 6.45) is 1.12. The molecular weight excluding hydrogens is 310 g/mol. The maximum absolute atomic E-state index is 10.8. The molecule has 1 fully saturated rings. The Morgan fingerprint density at radius 2 is 2.11 bits per heavy atom. The monoisotopic (exact) mass is 327 g/mol. The van der Waals surface area contributed by atoms with Crippen LogP contribution in [0.3, 0.4) is 0 Å². The minimum absolute atomic E-state index is 0.158. The van der Waals surface area contributed by atoms with Gasteiger partial charge in [0.15, 0.2) is 0 Å². The molecule has 0 spiro atoms. The molecule has 6 heteroatoms. The van der Waals surface area contributed by atoms with Crippen LogP contribution in [0.5, 0.6) is 0 Å². The number of alkyl halides is 1. The van der Waals surface area contributed by atoms with Crippen molar-refractivity contribution in [2.45, 2.75) is 11.8 Å². The summed E-state index contributed by atoms with van der Waals surface area (Å²) in [4.78, 5) is 15.1. The molecular formula is C13H18BrN3O2. The Hall–Kier alpha value is -1.14. The first kappa shape index (κ1) is 14.3. The van der Waals surface area contributed by atoms with Gasteiger partial charge in [0.1, 0.15) is 0 Å². The van der Waals surface area contributed by atoms with Crippen LogP contribution in [0.2, 0.25) is 0 Å². The largest absolute Gasteiger partial charge is 0.370 e. The molecule has 0 amide bonds. The molecule has 104 valence electrons. The first-order valence-corrected chi connectivity index (χ1v) is 7.50. The molecule has 0 radical (unpaired) electrons. The number of likely N-dealkylation sites (N-methyl/N-ethyl adjacent to an activating group) is 1. The lowest BCUT2D eigenvalue weighted by Gasteiger charge is -2.25. The van der Waals surface area contributed by atoms with E-state index in [0.717, 1.165) is 43.9 Å². The van der Waals surface area contributed by atoms with Crippen molar-refractivity contribution in [3.8, 4) is 0 Å². The van der Waals surface area contributed by atoms with E-state index < -0.39 is 0 Å². The van der Waals surface area contributed by atoms with Crippen LogP contribution in [0.15, 0.2) is 18.2 Å². The summed E-state index contributed by atoms with van der Waals surface area (Å²) in [5.41, 5.74) is 2.25. The third kappa shape index (κ3) is 3.45. The Morgan fingerprint density at radius 3 is 2.79 bits per heavy atom. The maximum atomic E-state index is 10.8. The second kappa shape index (κ2) is 6.34. The van der Waals surface area contributed by atoms with E-state index in [1.807, 2.05) is 6.07 Å². The van der Waals surface area contributed by atoms with Gasteiger partial charge in [-0.1, -0.05) is 15.9 Å². The van der Waals surface area contributed by atoms with Gasteiger partial charge in [-0.05, 0) is 31.6 Å². The van der Waals surface area contributed by atoms with Crippen LogP contribution >= 0.6 is 15.9 Å². The molecule has 1 aliphatic heterocycles. The number of anilines is 1. The van der Waals surface area contributed by atoms with Gasteiger partial charge in [0, 0.05) is 42.8 Å². The van der Waals surface area contributed by atoms with Gasteiger partial charge < -0.3 is 9.80 Å². The van der Waals surface area contributed by atoms with E-state index in [-0.39, 0.29) is 10.6 Å². The summed E-state index contributed by atoms with van der Waals surface area (Å²) in [5.74, 6) is 0. The highest BCUT2D eigenvalue weighted by Gasteiger charge is 2.17. The Morgan fingerprint density at radius 1 is 1.32 bits per heavy atom. The number of halogens is 1. The lowest BCUT2D eigenvalue weighted by molar-refractivity contribution is -0.384. The van der Waals surface area contributed by atoms with Crippen molar-refractivity contribution in [1.82, 2.24) is 4.90 Å². The van der Waals surface area contributed by atoms with E-state index in [9.17, 15) is 10.1 Å². The number of benzene rings is 1. The minimum atomic E-state index is -0.341. The SMILES string of the molecule is CN1CCCN(c2ccc([N+](=O)[O-])cc2CBr)CC1. The van der Waals surface area contributed by atoms with Crippen molar-refractivity contribution in [3.63, 3.8) is 0 Å². The Bertz CT molecular complexity index is 467. The van der Waals surface area contributed by atoms with E-state index in [0.29, 0.717) is 5.33 Å². The molecule has 1 aromatic rings. The van der Waals surface area contributed by atoms with Gasteiger partial charge >= 0.3 is 0 Å². The number of non-ortho nitro benzene ring substituents is 1. The summed E-state index contributed by atoms with van der Waals surface area (Å²) in [6.45, 7) is 4.10. The van der Waals surface area contributed by atoms with Crippen LogP contribution in [0.1, 0.15) is 12.0 Å². The van der Waals surface area contributed by atoms with Gasteiger partial charge in [0.25, 0.3) is 5.69 Å². The van der Waals surface area contributed by atoms with Crippen molar-refractivity contribution in [1.29, 1.82) is 0 Å². The van der Waals surface area contributed by atoms with Gasteiger partial charge in [-0.15, -0.1) is 0 Å². The van der Waals surface area contributed by atoms with E-state index in [2.05, 4.69) is 32.8 Å². The van der Waals surface area contributed by atoms with Crippen molar-refractivity contribution in [2.24, 2.45) is 0 Å². The van der Waals surface area contributed by atoms with Gasteiger partial charge in [0.05, 0.1) is 4.92 Å². The number of rotatable bonds is 3. The molecule has 1 heterocycles. The van der Waals surface area contributed by atoms with Crippen molar-refractivity contribution >= 4 is 27.3 Å². The lowest BCUT2D eigenvalue weighted by atomic mass is 10.1. The molecule has 0 aliphatic carbocycles. The van der Waals surface area contributed by atoms with Crippen LogP contribution in [-0.4, -0.2) is 43.0 Å². The number of hydrogen-bond acceptors (Lipinski definition) is 4. The average molecular weight is 328 g/mol. The molecule has 0 unspecified atom stereocenters. The molecule has 0 aromatic heterocycles. The second-order valence-electron chi connectivity index (χ2n) is 4.85. The quantitative estimate of drug-likeness (QED) is 0.486. The minimum Gasteiger partial charge on any atom is -0.370 e. The van der Waals surface area contributed by atoms with Crippen LogP contribution < -0.4 is 4.90 Å². The van der Waals surface area contributed by atoms with Gasteiger partial charge in [-0.3, -0.25) is 10.1 Å². The molecule has 0 saturated carbocycles. The van der Waals surface area contributed by atoms with E-state index >= 15 is 0 Å². The summed E-state index contributed by atoms with van der Waals surface area (Å²) >= 11 is 3.43. The van der Waals surface area contributed by atoms with Crippen molar-refractivity contribution in [2.75, 3.05) is 38.1 Å². The second-order valence-corrected chi connectivity index (χ2v) is 5.41. The number of hydrogen-bond donors (Lipinski definition) is 0. The topological polar surface area (TPSA) is 49.6 Å². The molecule has 2 rings (SSSR count).